The van der Waals surface area contributed by atoms with Gasteiger partial charge >= 0.3 is 0 Å². The predicted octanol–water partition coefficient (Wildman–Crippen LogP) is 3.15. The molecule has 0 unspecified atom stereocenters. The highest BCUT2D eigenvalue weighted by molar-refractivity contribution is 5.95. The van der Waals surface area contributed by atoms with Gasteiger partial charge in [-0.3, -0.25) is 0 Å². The zero-order valence-corrected chi connectivity index (χ0v) is 10.5. The highest BCUT2D eigenvalue weighted by atomic mass is 16.5. The van der Waals surface area contributed by atoms with E-state index in [1.54, 1.807) is 18.2 Å². The Labute approximate surface area is 111 Å². The van der Waals surface area contributed by atoms with Gasteiger partial charge in [-0.05, 0) is 36.1 Å². The second kappa shape index (κ2) is 4.28. The van der Waals surface area contributed by atoms with Crippen LogP contribution in [0, 0.1) is 12.1 Å². The molecule has 0 bridgehead atoms. The third kappa shape index (κ3) is 1.89. The van der Waals surface area contributed by atoms with Gasteiger partial charge in [0.25, 0.3) is 0 Å². The minimum atomic E-state index is 0.156. The van der Waals surface area contributed by atoms with E-state index >= 15 is 0 Å². The number of hydrogen-bond donors (Lipinski definition) is 1. The zero-order chi connectivity index (χ0) is 13.4. The summed E-state index contributed by atoms with van der Waals surface area (Å²) in [7, 11) is 0. The van der Waals surface area contributed by atoms with Crippen molar-refractivity contribution < 1.29 is 9.84 Å². The lowest BCUT2D eigenvalue weighted by atomic mass is 10.00. The van der Waals surface area contributed by atoms with Crippen LogP contribution in [-0.2, 0) is 0 Å². The minimum Gasteiger partial charge on any atom is -0.618 e. The number of hydrogen-bond acceptors (Lipinski definition) is 2. The first-order chi connectivity index (χ1) is 9.16. The van der Waals surface area contributed by atoms with Gasteiger partial charge in [0.1, 0.15) is 5.75 Å². The van der Waals surface area contributed by atoms with Crippen LogP contribution in [0.5, 0.6) is 5.75 Å². The molecule has 0 saturated heterocycles. The van der Waals surface area contributed by atoms with E-state index in [9.17, 15) is 10.3 Å². The van der Waals surface area contributed by atoms with Crippen LogP contribution in [0.25, 0.3) is 22.0 Å². The first-order valence-electron chi connectivity index (χ1n) is 6.08. The molecule has 1 heterocycles. The number of phenolic OH excluding ortho intramolecular Hbond substituents is 1. The van der Waals surface area contributed by atoms with Crippen molar-refractivity contribution in [3.8, 4) is 17.0 Å². The molecule has 19 heavy (non-hydrogen) atoms. The first kappa shape index (κ1) is 11.5. The van der Waals surface area contributed by atoms with Gasteiger partial charge in [-0.2, -0.15) is 4.73 Å². The predicted molar refractivity (Wildman–Crippen MR) is 74.7 cm³/mol. The molecular weight excluding hydrogens is 238 g/mol. The molecule has 1 N–H and O–H groups in total. The maximum Gasteiger partial charge on any atom is 0.232 e. The van der Waals surface area contributed by atoms with Crippen LogP contribution in [-0.4, -0.2) is 5.11 Å². The Hall–Kier alpha value is -2.55. The summed E-state index contributed by atoms with van der Waals surface area (Å²) < 4.78 is 0.851. The standard InChI is InChI=1S/C16H13NO2/c1-11-4-2-5-12-8-9-17(19)16(15(11)12)13-6-3-7-14(18)10-13/h2-10,18H,1H3. The molecule has 0 fully saturated rings. The van der Waals surface area contributed by atoms with Gasteiger partial charge in [0.15, 0.2) is 6.20 Å². The Kier molecular flexibility index (Phi) is 2.60. The highest BCUT2D eigenvalue weighted by Crippen LogP contribution is 2.29. The van der Waals surface area contributed by atoms with E-state index in [-0.39, 0.29) is 5.75 Å². The number of pyridine rings is 1. The highest BCUT2D eigenvalue weighted by Gasteiger charge is 2.15. The van der Waals surface area contributed by atoms with E-state index in [2.05, 4.69) is 0 Å². The van der Waals surface area contributed by atoms with Gasteiger partial charge in [0.05, 0.1) is 10.9 Å². The van der Waals surface area contributed by atoms with Crippen LogP contribution in [0.2, 0.25) is 0 Å². The molecule has 0 aliphatic carbocycles. The fourth-order valence-corrected chi connectivity index (χ4v) is 2.41. The Morgan fingerprint density at radius 3 is 2.63 bits per heavy atom. The third-order valence-electron chi connectivity index (χ3n) is 3.27. The monoisotopic (exact) mass is 251 g/mol. The molecule has 1 aromatic heterocycles. The van der Waals surface area contributed by atoms with Crippen molar-refractivity contribution in [3.05, 3.63) is 65.5 Å². The lowest BCUT2D eigenvalue weighted by molar-refractivity contribution is -0.592. The number of rotatable bonds is 1. The molecule has 94 valence electrons. The quantitative estimate of drug-likeness (QED) is 0.533. The van der Waals surface area contributed by atoms with E-state index < -0.39 is 0 Å². The van der Waals surface area contributed by atoms with E-state index in [1.165, 1.54) is 6.20 Å². The van der Waals surface area contributed by atoms with E-state index in [1.807, 2.05) is 37.3 Å². The molecule has 0 atom stereocenters. The fraction of sp³-hybridized carbons (Fsp3) is 0.0625. The number of aryl methyl sites for hydroxylation is 1. The molecule has 3 aromatic rings. The van der Waals surface area contributed by atoms with Crippen LogP contribution < -0.4 is 4.73 Å². The number of benzene rings is 2. The van der Waals surface area contributed by atoms with Crippen molar-refractivity contribution in [1.29, 1.82) is 0 Å². The summed E-state index contributed by atoms with van der Waals surface area (Å²) >= 11 is 0. The Bertz CT molecular complexity index is 766. The molecule has 0 amide bonds. The average Bonchev–Trinajstić information content (AvgIpc) is 2.39. The van der Waals surface area contributed by atoms with Crippen molar-refractivity contribution in [2.45, 2.75) is 6.92 Å². The summed E-state index contributed by atoms with van der Waals surface area (Å²) in [6.07, 6.45) is 1.50. The van der Waals surface area contributed by atoms with Gasteiger partial charge in [0.2, 0.25) is 5.69 Å². The second-order valence-corrected chi connectivity index (χ2v) is 4.58. The molecule has 3 rings (SSSR count). The second-order valence-electron chi connectivity index (χ2n) is 4.58. The van der Waals surface area contributed by atoms with E-state index in [0.29, 0.717) is 5.69 Å². The van der Waals surface area contributed by atoms with Crippen molar-refractivity contribution in [3.63, 3.8) is 0 Å². The minimum absolute atomic E-state index is 0.156. The average molecular weight is 251 g/mol. The fourth-order valence-electron chi connectivity index (χ4n) is 2.41. The maximum atomic E-state index is 12.1. The number of aromatic hydroxyl groups is 1. The Morgan fingerprint density at radius 1 is 1.05 bits per heavy atom. The summed E-state index contributed by atoms with van der Waals surface area (Å²) in [5.41, 5.74) is 2.34. The van der Waals surface area contributed by atoms with Crippen molar-refractivity contribution in [1.82, 2.24) is 0 Å². The van der Waals surface area contributed by atoms with Crippen LogP contribution >= 0.6 is 0 Å². The zero-order valence-electron chi connectivity index (χ0n) is 10.5. The molecule has 3 nitrogen and oxygen atoms in total. The largest absolute Gasteiger partial charge is 0.618 e. The summed E-state index contributed by atoms with van der Waals surface area (Å²) in [5, 5.41) is 23.7. The van der Waals surface area contributed by atoms with Crippen LogP contribution in [0.1, 0.15) is 5.56 Å². The molecule has 3 heteroatoms. The summed E-state index contributed by atoms with van der Waals surface area (Å²) in [6, 6.07) is 14.5. The molecule has 0 spiro atoms. The molecule has 0 aliphatic rings. The van der Waals surface area contributed by atoms with E-state index in [0.717, 1.165) is 26.6 Å². The molecule has 0 aliphatic heterocycles. The number of aromatic nitrogens is 1. The van der Waals surface area contributed by atoms with Crippen molar-refractivity contribution in [2.75, 3.05) is 0 Å². The molecule has 0 radical (unpaired) electrons. The summed E-state index contributed by atoms with van der Waals surface area (Å²) in [4.78, 5) is 0. The lowest BCUT2D eigenvalue weighted by Crippen LogP contribution is -2.28. The van der Waals surface area contributed by atoms with Gasteiger partial charge in [-0.1, -0.05) is 24.3 Å². The molecule has 0 saturated carbocycles. The smallest absolute Gasteiger partial charge is 0.232 e. The number of nitrogens with zero attached hydrogens (tertiary/aromatic N) is 1. The first-order valence-corrected chi connectivity index (χ1v) is 6.08. The van der Waals surface area contributed by atoms with Crippen LogP contribution in [0.15, 0.2) is 54.7 Å². The van der Waals surface area contributed by atoms with E-state index in [4.69, 9.17) is 0 Å². The SMILES string of the molecule is Cc1cccc2cc[n+]([O-])c(-c3cccc(O)c3)c12. The van der Waals surface area contributed by atoms with Crippen molar-refractivity contribution in [2.24, 2.45) is 0 Å². The van der Waals surface area contributed by atoms with Gasteiger partial charge < -0.3 is 10.3 Å². The van der Waals surface area contributed by atoms with Gasteiger partial charge in [-0.25, -0.2) is 0 Å². The van der Waals surface area contributed by atoms with Gasteiger partial charge in [-0.15, -0.1) is 0 Å². The normalized spacial score (nSPS) is 10.8. The number of phenols is 1. The number of fused-ring (bicyclic) bond motifs is 1. The lowest BCUT2D eigenvalue weighted by Gasteiger charge is -2.10. The van der Waals surface area contributed by atoms with Crippen LogP contribution in [0.4, 0.5) is 0 Å². The topological polar surface area (TPSA) is 47.2 Å². The van der Waals surface area contributed by atoms with Crippen LogP contribution in [0.3, 0.4) is 0 Å². The Balaban J connectivity index is 2.43. The molecular formula is C16H13NO2. The summed E-state index contributed by atoms with van der Waals surface area (Å²) in [5.74, 6) is 0.156. The summed E-state index contributed by atoms with van der Waals surface area (Å²) in [6.45, 7) is 1.98. The maximum absolute atomic E-state index is 12.1. The third-order valence-corrected chi connectivity index (χ3v) is 3.27. The van der Waals surface area contributed by atoms with Gasteiger partial charge in [0, 0.05) is 6.07 Å². The van der Waals surface area contributed by atoms with Crippen molar-refractivity contribution >= 4 is 10.8 Å². The molecule has 2 aromatic carbocycles. The Morgan fingerprint density at radius 2 is 1.84 bits per heavy atom.